The van der Waals surface area contributed by atoms with Crippen LogP contribution >= 0.6 is 0 Å². The molecule has 2 rings (SSSR count). The molecule has 0 saturated carbocycles. The first-order valence-electron chi connectivity index (χ1n) is 6.92. The van der Waals surface area contributed by atoms with Crippen LogP contribution in [0.2, 0.25) is 0 Å². The Hall–Kier alpha value is -1.59. The van der Waals surface area contributed by atoms with E-state index in [-0.39, 0.29) is 17.7 Å². The Morgan fingerprint density at radius 2 is 2.15 bits per heavy atom. The van der Waals surface area contributed by atoms with Crippen LogP contribution in [0, 0.1) is 0 Å². The Morgan fingerprint density at radius 3 is 2.80 bits per heavy atom. The first-order valence-corrected chi connectivity index (χ1v) is 6.92. The van der Waals surface area contributed by atoms with Crippen LogP contribution in [0.4, 0.5) is 0 Å². The van der Waals surface area contributed by atoms with Gasteiger partial charge in [0.2, 0.25) is 5.91 Å². The summed E-state index contributed by atoms with van der Waals surface area (Å²) in [5, 5.41) is 9.52. The number of phenols is 1. The van der Waals surface area contributed by atoms with Crippen molar-refractivity contribution in [3.05, 3.63) is 29.8 Å². The Morgan fingerprint density at radius 1 is 1.45 bits per heavy atom. The van der Waals surface area contributed by atoms with E-state index in [9.17, 15) is 9.90 Å². The predicted molar refractivity (Wildman–Crippen MR) is 76.6 cm³/mol. The zero-order valence-corrected chi connectivity index (χ0v) is 12.1. The molecule has 0 unspecified atom stereocenters. The SMILES string of the molecule is C[C@@H](c1cccc(O)c1)N(C)CC(=O)N1CCOCC1. The van der Waals surface area contributed by atoms with Gasteiger partial charge in [-0.2, -0.15) is 0 Å². The fourth-order valence-electron chi connectivity index (χ4n) is 2.30. The van der Waals surface area contributed by atoms with Crippen molar-refractivity contribution in [2.24, 2.45) is 0 Å². The summed E-state index contributed by atoms with van der Waals surface area (Å²) in [5.41, 5.74) is 1.00. The van der Waals surface area contributed by atoms with Gasteiger partial charge in [-0.3, -0.25) is 9.69 Å². The van der Waals surface area contributed by atoms with E-state index in [0.29, 0.717) is 32.8 Å². The lowest BCUT2D eigenvalue weighted by atomic mass is 10.1. The van der Waals surface area contributed by atoms with Crippen LogP contribution in [0.3, 0.4) is 0 Å². The summed E-state index contributed by atoms with van der Waals surface area (Å²) >= 11 is 0. The van der Waals surface area contributed by atoms with Crippen LogP contribution < -0.4 is 0 Å². The summed E-state index contributed by atoms with van der Waals surface area (Å²) < 4.78 is 5.25. The topological polar surface area (TPSA) is 53.0 Å². The quantitative estimate of drug-likeness (QED) is 0.900. The number of carbonyl (C=O) groups is 1. The number of hydrogen-bond acceptors (Lipinski definition) is 4. The molecule has 110 valence electrons. The average Bonchev–Trinajstić information content (AvgIpc) is 2.47. The molecule has 1 aliphatic heterocycles. The third-order valence-electron chi connectivity index (χ3n) is 3.76. The van der Waals surface area contributed by atoms with Crippen molar-refractivity contribution in [3.8, 4) is 5.75 Å². The number of rotatable bonds is 4. The molecule has 0 spiro atoms. The number of carbonyl (C=O) groups excluding carboxylic acids is 1. The van der Waals surface area contributed by atoms with Crippen LogP contribution in [0.5, 0.6) is 5.75 Å². The molecular formula is C15H22N2O3. The highest BCUT2D eigenvalue weighted by atomic mass is 16.5. The zero-order chi connectivity index (χ0) is 14.5. The second kappa shape index (κ2) is 6.72. The number of ether oxygens (including phenoxy) is 1. The van der Waals surface area contributed by atoms with Crippen LogP contribution in [-0.2, 0) is 9.53 Å². The molecule has 1 heterocycles. The minimum Gasteiger partial charge on any atom is -0.508 e. The summed E-state index contributed by atoms with van der Waals surface area (Å²) in [4.78, 5) is 16.0. The van der Waals surface area contributed by atoms with Gasteiger partial charge in [0.05, 0.1) is 19.8 Å². The van der Waals surface area contributed by atoms with Gasteiger partial charge in [0.1, 0.15) is 5.75 Å². The second-order valence-corrected chi connectivity index (χ2v) is 5.18. The summed E-state index contributed by atoms with van der Waals surface area (Å²) in [6.45, 7) is 4.99. The van der Waals surface area contributed by atoms with E-state index < -0.39 is 0 Å². The lowest BCUT2D eigenvalue weighted by Gasteiger charge is -2.31. The first-order chi connectivity index (χ1) is 9.58. The maximum Gasteiger partial charge on any atom is 0.236 e. The summed E-state index contributed by atoms with van der Waals surface area (Å²) in [6, 6.07) is 7.24. The van der Waals surface area contributed by atoms with E-state index in [1.165, 1.54) is 0 Å². The van der Waals surface area contributed by atoms with Crippen LogP contribution in [-0.4, -0.2) is 60.7 Å². The third kappa shape index (κ3) is 3.71. The maximum absolute atomic E-state index is 12.2. The largest absolute Gasteiger partial charge is 0.508 e. The number of benzene rings is 1. The van der Waals surface area contributed by atoms with Crippen LogP contribution in [0.25, 0.3) is 0 Å². The van der Waals surface area contributed by atoms with Crippen molar-refractivity contribution in [1.82, 2.24) is 9.80 Å². The number of phenolic OH excluding ortho intramolecular Hbond substituents is 1. The van der Waals surface area contributed by atoms with Crippen LogP contribution in [0.15, 0.2) is 24.3 Å². The number of amides is 1. The van der Waals surface area contributed by atoms with E-state index >= 15 is 0 Å². The molecule has 1 atom stereocenters. The van der Waals surface area contributed by atoms with E-state index in [0.717, 1.165) is 5.56 Å². The molecule has 5 nitrogen and oxygen atoms in total. The van der Waals surface area contributed by atoms with Crippen molar-refractivity contribution in [2.75, 3.05) is 39.9 Å². The van der Waals surface area contributed by atoms with E-state index in [1.54, 1.807) is 12.1 Å². The summed E-state index contributed by atoms with van der Waals surface area (Å²) in [5.74, 6) is 0.380. The van der Waals surface area contributed by atoms with Crippen molar-refractivity contribution < 1.29 is 14.6 Å². The maximum atomic E-state index is 12.2. The van der Waals surface area contributed by atoms with Crippen molar-refractivity contribution in [3.63, 3.8) is 0 Å². The average molecular weight is 278 g/mol. The van der Waals surface area contributed by atoms with Gasteiger partial charge < -0.3 is 14.7 Å². The van der Waals surface area contributed by atoms with Gasteiger partial charge in [-0.1, -0.05) is 12.1 Å². The van der Waals surface area contributed by atoms with Gasteiger partial charge in [0, 0.05) is 19.1 Å². The highest BCUT2D eigenvalue weighted by Crippen LogP contribution is 2.22. The summed E-state index contributed by atoms with van der Waals surface area (Å²) in [6.07, 6.45) is 0. The van der Waals surface area contributed by atoms with Crippen molar-refractivity contribution in [1.29, 1.82) is 0 Å². The molecule has 1 aliphatic rings. The molecule has 0 aromatic heterocycles. The molecule has 5 heteroatoms. The molecule has 1 fully saturated rings. The Kier molecular flexibility index (Phi) is 4.98. The second-order valence-electron chi connectivity index (χ2n) is 5.18. The predicted octanol–water partition coefficient (Wildman–Crippen LogP) is 1.24. The minimum atomic E-state index is 0.0760. The smallest absolute Gasteiger partial charge is 0.236 e. The number of aromatic hydroxyl groups is 1. The number of likely N-dealkylation sites (N-methyl/N-ethyl adjacent to an activating group) is 1. The van der Waals surface area contributed by atoms with E-state index in [2.05, 4.69) is 0 Å². The zero-order valence-electron chi connectivity index (χ0n) is 12.1. The van der Waals surface area contributed by atoms with Gasteiger partial charge >= 0.3 is 0 Å². The fourth-order valence-corrected chi connectivity index (χ4v) is 2.30. The Labute approximate surface area is 119 Å². The Bertz CT molecular complexity index is 458. The highest BCUT2D eigenvalue weighted by Gasteiger charge is 2.21. The van der Waals surface area contributed by atoms with Gasteiger partial charge in [0.25, 0.3) is 0 Å². The molecule has 20 heavy (non-hydrogen) atoms. The van der Waals surface area contributed by atoms with Gasteiger partial charge in [0.15, 0.2) is 0 Å². The highest BCUT2D eigenvalue weighted by molar-refractivity contribution is 5.78. The molecule has 1 amide bonds. The Balaban J connectivity index is 1.93. The lowest BCUT2D eigenvalue weighted by molar-refractivity contribution is -0.136. The minimum absolute atomic E-state index is 0.0760. The van der Waals surface area contributed by atoms with Gasteiger partial charge in [-0.05, 0) is 31.7 Å². The first kappa shape index (κ1) is 14.8. The molecule has 0 bridgehead atoms. The van der Waals surface area contributed by atoms with Gasteiger partial charge in [-0.15, -0.1) is 0 Å². The third-order valence-corrected chi connectivity index (χ3v) is 3.76. The van der Waals surface area contributed by atoms with Crippen LogP contribution in [0.1, 0.15) is 18.5 Å². The summed E-state index contributed by atoms with van der Waals surface area (Å²) in [7, 11) is 1.92. The molecule has 0 aliphatic carbocycles. The fraction of sp³-hybridized carbons (Fsp3) is 0.533. The molecule has 1 N–H and O–H groups in total. The number of hydrogen-bond donors (Lipinski definition) is 1. The number of morpholine rings is 1. The lowest BCUT2D eigenvalue weighted by Crippen LogP contribution is -2.45. The van der Waals surface area contributed by atoms with Crippen molar-refractivity contribution >= 4 is 5.91 Å². The molecule has 0 radical (unpaired) electrons. The normalized spacial score (nSPS) is 17.2. The standard InChI is InChI=1S/C15H22N2O3/c1-12(13-4-3-5-14(18)10-13)16(2)11-15(19)17-6-8-20-9-7-17/h3-5,10,12,18H,6-9,11H2,1-2H3/t12-/m0/s1. The molecule has 1 aromatic rings. The number of nitrogens with zero attached hydrogens (tertiary/aromatic N) is 2. The molecule has 1 saturated heterocycles. The van der Waals surface area contributed by atoms with E-state index in [4.69, 9.17) is 4.74 Å². The molecular weight excluding hydrogens is 256 g/mol. The molecule has 1 aromatic carbocycles. The monoisotopic (exact) mass is 278 g/mol. The van der Waals surface area contributed by atoms with Gasteiger partial charge in [-0.25, -0.2) is 0 Å². The van der Waals surface area contributed by atoms with Crippen molar-refractivity contribution in [2.45, 2.75) is 13.0 Å². The van der Waals surface area contributed by atoms with E-state index in [1.807, 2.05) is 35.9 Å².